The highest BCUT2D eigenvalue weighted by molar-refractivity contribution is 5.23. The van der Waals surface area contributed by atoms with Crippen molar-refractivity contribution in [3.05, 3.63) is 35.6 Å². The van der Waals surface area contributed by atoms with E-state index in [1.807, 2.05) is 12.1 Å². The molecule has 1 nitrogen and oxygen atoms in total. The fraction of sp³-hybridized carbons (Fsp3) is 0.625. The maximum Gasteiger partial charge on any atom is 0.123 e. The summed E-state index contributed by atoms with van der Waals surface area (Å²) in [7, 11) is 0. The molecule has 2 heteroatoms. The third kappa shape index (κ3) is 3.11. The molecule has 0 saturated heterocycles. The van der Waals surface area contributed by atoms with Crippen LogP contribution in [0.1, 0.15) is 51.5 Å². The van der Waals surface area contributed by atoms with Gasteiger partial charge in [-0.05, 0) is 49.3 Å². The monoisotopic (exact) mass is 249 g/mol. The third-order valence-corrected chi connectivity index (χ3v) is 4.48. The molecule has 2 rings (SSSR count). The maximum absolute atomic E-state index is 12.8. The van der Waals surface area contributed by atoms with E-state index in [2.05, 4.69) is 26.1 Å². The van der Waals surface area contributed by atoms with Crippen molar-refractivity contribution in [2.75, 3.05) is 0 Å². The van der Waals surface area contributed by atoms with Gasteiger partial charge in [-0.3, -0.25) is 0 Å². The summed E-state index contributed by atoms with van der Waals surface area (Å²) in [5.41, 5.74) is 1.28. The highest BCUT2D eigenvalue weighted by Crippen LogP contribution is 2.37. The van der Waals surface area contributed by atoms with Crippen LogP contribution in [0.25, 0.3) is 0 Å². The van der Waals surface area contributed by atoms with Gasteiger partial charge in [0.2, 0.25) is 0 Å². The summed E-state index contributed by atoms with van der Waals surface area (Å²) < 4.78 is 12.8. The zero-order valence-corrected chi connectivity index (χ0v) is 11.6. The molecule has 1 aromatic rings. The van der Waals surface area contributed by atoms with Crippen molar-refractivity contribution in [3.63, 3.8) is 0 Å². The topological polar surface area (TPSA) is 12.0 Å². The summed E-state index contributed by atoms with van der Waals surface area (Å²) in [6.07, 6.45) is 3.60. The van der Waals surface area contributed by atoms with Crippen molar-refractivity contribution in [2.24, 2.45) is 5.92 Å². The highest BCUT2D eigenvalue weighted by atomic mass is 19.1. The van der Waals surface area contributed by atoms with Crippen molar-refractivity contribution in [1.29, 1.82) is 0 Å². The van der Waals surface area contributed by atoms with E-state index < -0.39 is 0 Å². The van der Waals surface area contributed by atoms with E-state index in [1.54, 1.807) is 12.1 Å². The van der Waals surface area contributed by atoms with Crippen LogP contribution in [0.2, 0.25) is 0 Å². The summed E-state index contributed by atoms with van der Waals surface area (Å²) in [4.78, 5) is 0. The fourth-order valence-electron chi connectivity index (χ4n) is 2.65. The number of hydrogen-bond acceptors (Lipinski definition) is 1. The quantitative estimate of drug-likeness (QED) is 0.828. The predicted molar refractivity (Wildman–Crippen MR) is 74.2 cm³/mol. The van der Waals surface area contributed by atoms with Gasteiger partial charge in [-0.2, -0.15) is 0 Å². The Balaban J connectivity index is 1.78. The van der Waals surface area contributed by atoms with E-state index in [-0.39, 0.29) is 5.82 Å². The van der Waals surface area contributed by atoms with Crippen LogP contribution in [0.4, 0.5) is 4.39 Å². The molecule has 0 aromatic heterocycles. The predicted octanol–water partition coefficient (Wildman–Crippen LogP) is 4.10. The number of halogens is 1. The SMILES string of the molecule is CCC(C)C(C)NC1CC(c2ccc(F)cc2)C1. The van der Waals surface area contributed by atoms with Gasteiger partial charge in [-0.1, -0.05) is 32.4 Å². The smallest absolute Gasteiger partial charge is 0.123 e. The minimum Gasteiger partial charge on any atom is -0.311 e. The molecular formula is C16H24FN. The first-order chi connectivity index (χ1) is 8.60. The van der Waals surface area contributed by atoms with Crippen LogP contribution in [0.15, 0.2) is 24.3 Å². The lowest BCUT2D eigenvalue weighted by Gasteiger charge is -2.39. The third-order valence-electron chi connectivity index (χ3n) is 4.48. The van der Waals surface area contributed by atoms with Crippen LogP contribution < -0.4 is 5.32 Å². The second kappa shape index (κ2) is 5.83. The summed E-state index contributed by atoms with van der Waals surface area (Å²) in [6, 6.07) is 8.22. The Morgan fingerprint density at radius 1 is 1.22 bits per heavy atom. The van der Waals surface area contributed by atoms with E-state index in [0.29, 0.717) is 18.0 Å². The number of benzene rings is 1. The lowest BCUT2D eigenvalue weighted by molar-refractivity contribution is 0.241. The molecule has 1 aliphatic rings. The molecule has 18 heavy (non-hydrogen) atoms. The largest absolute Gasteiger partial charge is 0.311 e. The maximum atomic E-state index is 12.8. The normalized spacial score (nSPS) is 26.4. The van der Waals surface area contributed by atoms with Crippen molar-refractivity contribution in [1.82, 2.24) is 5.32 Å². The van der Waals surface area contributed by atoms with Crippen LogP contribution >= 0.6 is 0 Å². The van der Waals surface area contributed by atoms with Gasteiger partial charge >= 0.3 is 0 Å². The minimum atomic E-state index is -0.141. The molecular weight excluding hydrogens is 225 g/mol. The Morgan fingerprint density at radius 3 is 2.39 bits per heavy atom. The molecule has 0 aliphatic heterocycles. The van der Waals surface area contributed by atoms with Crippen LogP contribution in [-0.4, -0.2) is 12.1 Å². The average molecular weight is 249 g/mol. The average Bonchev–Trinajstić information content (AvgIpc) is 2.33. The van der Waals surface area contributed by atoms with E-state index in [4.69, 9.17) is 0 Å². The van der Waals surface area contributed by atoms with E-state index in [1.165, 1.54) is 24.8 Å². The Bertz CT molecular complexity index is 367. The lowest BCUT2D eigenvalue weighted by atomic mass is 9.75. The molecule has 1 aliphatic carbocycles. The van der Waals surface area contributed by atoms with Gasteiger partial charge in [0.1, 0.15) is 5.82 Å². The van der Waals surface area contributed by atoms with Crippen LogP contribution in [0.5, 0.6) is 0 Å². The first-order valence-corrected chi connectivity index (χ1v) is 7.11. The molecule has 1 N–H and O–H groups in total. The molecule has 2 unspecified atom stereocenters. The van der Waals surface area contributed by atoms with Gasteiger partial charge < -0.3 is 5.32 Å². The first-order valence-electron chi connectivity index (χ1n) is 7.11. The molecule has 0 amide bonds. The van der Waals surface area contributed by atoms with E-state index in [0.717, 1.165) is 5.92 Å². The molecule has 100 valence electrons. The summed E-state index contributed by atoms with van der Waals surface area (Å²) in [6.45, 7) is 6.82. The Labute approximate surface area is 110 Å². The molecule has 1 aromatic carbocycles. The van der Waals surface area contributed by atoms with Gasteiger partial charge in [0.25, 0.3) is 0 Å². The van der Waals surface area contributed by atoms with Gasteiger partial charge in [-0.25, -0.2) is 4.39 Å². The van der Waals surface area contributed by atoms with Crippen LogP contribution in [-0.2, 0) is 0 Å². The lowest BCUT2D eigenvalue weighted by Crippen LogP contribution is -2.46. The van der Waals surface area contributed by atoms with Crippen molar-refractivity contribution in [3.8, 4) is 0 Å². The molecule has 0 radical (unpaired) electrons. The van der Waals surface area contributed by atoms with Crippen molar-refractivity contribution < 1.29 is 4.39 Å². The standard InChI is InChI=1S/C16H24FN/c1-4-11(2)12(3)18-16-9-14(10-16)13-5-7-15(17)8-6-13/h5-8,11-12,14,16,18H,4,9-10H2,1-3H3. The van der Waals surface area contributed by atoms with E-state index >= 15 is 0 Å². The van der Waals surface area contributed by atoms with Crippen molar-refractivity contribution >= 4 is 0 Å². The number of rotatable bonds is 5. The zero-order chi connectivity index (χ0) is 13.1. The second-order valence-electron chi connectivity index (χ2n) is 5.76. The van der Waals surface area contributed by atoms with Gasteiger partial charge in [0.15, 0.2) is 0 Å². The van der Waals surface area contributed by atoms with Crippen molar-refractivity contribution in [2.45, 2.75) is 58.0 Å². The Kier molecular flexibility index (Phi) is 4.39. The second-order valence-corrected chi connectivity index (χ2v) is 5.76. The molecule has 0 heterocycles. The van der Waals surface area contributed by atoms with E-state index in [9.17, 15) is 4.39 Å². The molecule has 0 spiro atoms. The van der Waals surface area contributed by atoms with Gasteiger partial charge in [0, 0.05) is 12.1 Å². The Hall–Kier alpha value is -0.890. The fourth-order valence-corrected chi connectivity index (χ4v) is 2.65. The zero-order valence-electron chi connectivity index (χ0n) is 11.6. The summed E-state index contributed by atoms with van der Waals surface area (Å²) in [5.74, 6) is 1.21. The molecule has 0 bridgehead atoms. The van der Waals surface area contributed by atoms with Gasteiger partial charge in [0.05, 0.1) is 0 Å². The summed E-state index contributed by atoms with van der Waals surface area (Å²) in [5, 5.41) is 3.70. The van der Waals surface area contributed by atoms with Gasteiger partial charge in [-0.15, -0.1) is 0 Å². The Morgan fingerprint density at radius 2 is 1.83 bits per heavy atom. The molecule has 1 fully saturated rings. The van der Waals surface area contributed by atoms with Crippen LogP contribution in [0, 0.1) is 11.7 Å². The highest BCUT2D eigenvalue weighted by Gasteiger charge is 2.31. The number of hydrogen-bond donors (Lipinski definition) is 1. The minimum absolute atomic E-state index is 0.141. The first kappa shape index (κ1) is 13.5. The molecule has 2 atom stereocenters. The molecule has 1 saturated carbocycles. The summed E-state index contributed by atoms with van der Waals surface area (Å²) >= 11 is 0. The van der Waals surface area contributed by atoms with Crippen LogP contribution in [0.3, 0.4) is 0 Å². The number of nitrogens with one attached hydrogen (secondary N) is 1.